The Morgan fingerprint density at radius 1 is 1.73 bits per heavy atom. The number of hydrogen-bond acceptors (Lipinski definition) is 3. The molecule has 0 spiro atoms. The van der Waals surface area contributed by atoms with Gasteiger partial charge in [-0.25, -0.2) is 0 Å². The number of carboxylic acid groups (broad SMARTS) is 1. The van der Waals surface area contributed by atoms with Crippen molar-refractivity contribution in [3.8, 4) is 0 Å². The highest BCUT2D eigenvalue weighted by Crippen LogP contribution is 2.39. The molecule has 0 aromatic carbocycles. The summed E-state index contributed by atoms with van der Waals surface area (Å²) in [4.78, 5) is 19.1. The topological polar surface area (TPSA) is 101 Å². The molecule has 0 radical (unpaired) electrons. The molecule has 0 aliphatic carbocycles. The molecule has 0 saturated heterocycles. The number of hydrogen-bond donors (Lipinski definition) is 3. The lowest BCUT2D eigenvalue weighted by atomic mass is 10.4. The molecule has 4 N–H and O–H groups in total. The molecule has 1 unspecified atom stereocenters. The van der Waals surface area contributed by atoms with E-state index in [4.69, 9.17) is 15.7 Å². The average molecular weight is 181 g/mol. The number of rotatable bonds is 4. The first-order chi connectivity index (χ1) is 4.89. The second-order valence-electron chi connectivity index (χ2n) is 2.29. The Labute approximate surface area is 64.7 Å². The third kappa shape index (κ3) is 4.14. The third-order valence-electron chi connectivity index (χ3n) is 1.29. The number of nitrogens with two attached hydrogens (primary N) is 1. The van der Waals surface area contributed by atoms with Crippen LogP contribution in [0.25, 0.3) is 0 Å². The van der Waals surface area contributed by atoms with Gasteiger partial charge in [-0.1, -0.05) is 6.92 Å². The number of carboxylic acids is 1. The van der Waals surface area contributed by atoms with E-state index in [1.54, 1.807) is 0 Å². The summed E-state index contributed by atoms with van der Waals surface area (Å²) in [7, 11) is -3.29. The molecule has 0 aromatic heterocycles. The summed E-state index contributed by atoms with van der Waals surface area (Å²) >= 11 is 0. The van der Waals surface area contributed by atoms with Crippen LogP contribution in [0, 0.1) is 0 Å². The molecule has 2 atom stereocenters. The van der Waals surface area contributed by atoms with Gasteiger partial charge in [0.15, 0.2) is 0 Å². The van der Waals surface area contributed by atoms with E-state index in [-0.39, 0.29) is 12.3 Å². The molecule has 0 rings (SSSR count). The molecular weight excluding hydrogens is 169 g/mol. The maximum absolute atomic E-state index is 10.9. The molecule has 0 bridgehead atoms. The highest BCUT2D eigenvalue weighted by molar-refractivity contribution is 7.58. The lowest BCUT2D eigenvalue weighted by molar-refractivity contribution is -0.138. The van der Waals surface area contributed by atoms with Crippen molar-refractivity contribution in [1.82, 2.24) is 0 Å². The van der Waals surface area contributed by atoms with Crippen molar-refractivity contribution in [3.05, 3.63) is 0 Å². The van der Waals surface area contributed by atoms with Crippen molar-refractivity contribution in [3.63, 3.8) is 0 Å². The van der Waals surface area contributed by atoms with Gasteiger partial charge >= 0.3 is 5.97 Å². The molecule has 0 heterocycles. The van der Waals surface area contributed by atoms with Gasteiger partial charge in [0.1, 0.15) is 6.04 Å². The first kappa shape index (κ1) is 10.6. The van der Waals surface area contributed by atoms with Crippen LogP contribution in [-0.4, -0.2) is 34.3 Å². The molecule has 5 nitrogen and oxygen atoms in total. The molecule has 0 aliphatic heterocycles. The van der Waals surface area contributed by atoms with Gasteiger partial charge in [-0.3, -0.25) is 9.36 Å². The van der Waals surface area contributed by atoms with Gasteiger partial charge in [-0.05, 0) is 0 Å². The molecule has 0 amide bonds. The maximum atomic E-state index is 10.9. The molecule has 11 heavy (non-hydrogen) atoms. The highest BCUT2D eigenvalue weighted by atomic mass is 31.2. The van der Waals surface area contributed by atoms with Gasteiger partial charge in [-0.2, -0.15) is 0 Å². The molecule has 6 heteroatoms. The zero-order valence-electron chi connectivity index (χ0n) is 6.23. The minimum absolute atomic E-state index is 0.0635. The maximum Gasteiger partial charge on any atom is 0.321 e. The van der Waals surface area contributed by atoms with E-state index in [2.05, 4.69) is 0 Å². The standard InChI is InChI=1S/C5H12NO4P/c1-2-11(9,10)3-4(6)5(7)8/h4H,2-3,6H2,1H3,(H,7,8)(H,9,10)/t4-/m0/s1. The van der Waals surface area contributed by atoms with Gasteiger partial charge in [0.2, 0.25) is 7.37 Å². The fourth-order valence-corrected chi connectivity index (χ4v) is 1.54. The van der Waals surface area contributed by atoms with Crippen LogP contribution in [0.4, 0.5) is 0 Å². The van der Waals surface area contributed by atoms with E-state index >= 15 is 0 Å². The monoisotopic (exact) mass is 181 g/mol. The summed E-state index contributed by atoms with van der Waals surface area (Å²) in [6, 6.07) is -1.23. The third-order valence-corrected chi connectivity index (χ3v) is 3.25. The zero-order valence-corrected chi connectivity index (χ0v) is 7.12. The molecule has 66 valence electrons. The van der Waals surface area contributed by atoms with E-state index in [0.717, 1.165) is 0 Å². The largest absolute Gasteiger partial charge is 0.480 e. The fourth-order valence-electron chi connectivity index (χ4n) is 0.515. The van der Waals surface area contributed by atoms with Gasteiger partial charge < -0.3 is 15.7 Å². The summed E-state index contributed by atoms with van der Waals surface area (Å²) in [5, 5.41) is 8.28. The lowest BCUT2D eigenvalue weighted by Crippen LogP contribution is -2.33. The predicted octanol–water partition coefficient (Wildman–Crippen LogP) is -0.311. The van der Waals surface area contributed by atoms with Crippen molar-refractivity contribution >= 4 is 13.3 Å². The van der Waals surface area contributed by atoms with E-state index in [9.17, 15) is 9.36 Å². The van der Waals surface area contributed by atoms with Crippen molar-refractivity contribution in [2.24, 2.45) is 5.73 Å². The van der Waals surface area contributed by atoms with Crippen LogP contribution >= 0.6 is 7.37 Å². The summed E-state index contributed by atoms with van der Waals surface area (Å²) in [5.41, 5.74) is 5.05. The first-order valence-corrected chi connectivity index (χ1v) is 5.21. The Morgan fingerprint density at radius 2 is 2.18 bits per heavy atom. The average Bonchev–Trinajstić information content (AvgIpc) is 1.87. The smallest absolute Gasteiger partial charge is 0.321 e. The van der Waals surface area contributed by atoms with Crippen LogP contribution in [0.3, 0.4) is 0 Å². The van der Waals surface area contributed by atoms with E-state index < -0.39 is 19.4 Å². The SMILES string of the molecule is CCP(=O)(O)C[C@H](N)C(=O)O. The van der Waals surface area contributed by atoms with Crippen molar-refractivity contribution in [2.75, 3.05) is 12.3 Å². The van der Waals surface area contributed by atoms with Crippen molar-refractivity contribution in [1.29, 1.82) is 0 Å². The van der Waals surface area contributed by atoms with Crippen molar-refractivity contribution < 1.29 is 19.4 Å². The lowest BCUT2D eigenvalue weighted by Gasteiger charge is -2.11. The van der Waals surface area contributed by atoms with Crippen LogP contribution in [0.15, 0.2) is 0 Å². The van der Waals surface area contributed by atoms with Gasteiger partial charge in [-0.15, -0.1) is 0 Å². The summed E-state index contributed by atoms with van der Waals surface area (Å²) in [5.74, 6) is -1.24. The highest BCUT2D eigenvalue weighted by Gasteiger charge is 2.23. The molecule has 0 aliphatic rings. The summed E-state index contributed by atoms with van der Waals surface area (Å²) in [6.07, 6.45) is -0.285. The van der Waals surface area contributed by atoms with Crippen LogP contribution in [0.5, 0.6) is 0 Å². The quantitative estimate of drug-likeness (QED) is 0.516. The Kier molecular flexibility index (Phi) is 3.72. The number of carbonyl (C=O) groups is 1. The Balaban J connectivity index is 4.04. The first-order valence-electron chi connectivity index (χ1n) is 3.18. The number of aliphatic carboxylic acids is 1. The molecule has 0 saturated carbocycles. The van der Waals surface area contributed by atoms with Crippen LogP contribution < -0.4 is 5.73 Å². The molecule has 0 aromatic rings. The van der Waals surface area contributed by atoms with Gasteiger partial charge in [0.05, 0.1) is 6.16 Å². The zero-order chi connectivity index (χ0) is 9.07. The van der Waals surface area contributed by atoms with E-state index in [0.29, 0.717) is 0 Å². The second-order valence-corrected chi connectivity index (χ2v) is 4.98. The van der Waals surface area contributed by atoms with Crippen LogP contribution in [-0.2, 0) is 9.36 Å². The Bertz CT molecular complexity index is 193. The Morgan fingerprint density at radius 3 is 2.45 bits per heavy atom. The van der Waals surface area contributed by atoms with Crippen LogP contribution in [0.2, 0.25) is 0 Å². The van der Waals surface area contributed by atoms with Crippen LogP contribution in [0.1, 0.15) is 6.92 Å². The van der Waals surface area contributed by atoms with E-state index in [1.165, 1.54) is 6.92 Å². The fraction of sp³-hybridized carbons (Fsp3) is 0.800. The molecular formula is C5H12NO4P. The van der Waals surface area contributed by atoms with E-state index in [1.807, 2.05) is 0 Å². The van der Waals surface area contributed by atoms with Crippen molar-refractivity contribution in [2.45, 2.75) is 13.0 Å². The normalized spacial score (nSPS) is 18.8. The second kappa shape index (κ2) is 3.85. The molecule has 0 fully saturated rings. The summed E-state index contributed by atoms with van der Waals surface area (Å²) in [6.45, 7) is 1.52. The minimum Gasteiger partial charge on any atom is -0.480 e. The predicted molar refractivity (Wildman–Crippen MR) is 40.8 cm³/mol. The van der Waals surface area contributed by atoms with Gasteiger partial charge in [0, 0.05) is 6.16 Å². The summed E-state index contributed by atoms with van der Waals surface area (Å²) < 4.78 is 10.9. The van der Waals surface area contributed by atoms with Gasteiger partial charge in [0.25, 0.3) is 0 Å². The minimum atomic E-state index is -3.29. The Hall–Kier alpha value is -0.380.